The summed E-state index contributed by atoms with van der Waals surface area (Å²) in [6.07, 6.45) is 1.35. The molecular formula is C24H22F3N3O3. The maximum atomic E-state index is 13.6. The Bertz CT molecular complexity index is 1170. The fourth-order valence-electron chi connectivity index (χ4n) is 3.92. The summed E-state index contributed by atoms with van der Waals surface area (Å²) in [5.41, 5.74) is 3.17. The van der Waals surface area contributed by atoms with Gasteiger partial charge in [-0.15, -0.1) is 0 Å². The second kappa shape index (κ2) is 9.60. The minimum atomic E-state index is -1.49. The van der Waals surface area contributed by atoms with Gasteiger partial charge in [0, 0.05) is 30.5 Å². The Kier molecular flexibility index (Phi) is 6.62. The predicted octanol–water partition coefficient (Wildman–Crippen LogP) is 2.87. The topological polar surface area (TPSA) is 85.7 Å². The zero-order valence-corrected chi connectivity index (χ0v) is 17.6. The molecule has 2 heterocycles. The van der Waals surface area contributed by atoms with E-state index in [4.69, 9.17) is 5.11 Å². The lowest BCUT2D eigenvalue weighted by Gasteiger charge is -2.19. The van der Waals surface area contributed by atoms with Gasteiger partial charge in [-0.25, -0.2) is 18.2 Å². The number of carbonyl (C=O) groups is 1. The number of pyridine rings is 1. The molecule has 3 N–H and O–H groups in total. The van der Waals surface area contributed by atoms with E-state index in [2.05, 4.69) is 10.3 Å². The molecule has 0 aliphatic carbocycles. The molecule has 1 aliphatic heterocycles. The van der Waals surface area contributed by atoms with Crippen LogP contribution in [0, 0.1) is 17.5 Å². The number of amides is 1. The first-order valence-corrected chi connectivity index (χ1v) is 10.4. The van der Waals surface area contributed by atoms with Gasteiger partial charge >= 0.3 is 0 Å². The van der Waals surface area contributed by atoms with Crippen molar-refractivity contribution in [1.82, 2.24) is 10.3 Å². The number of halogens is 3. The van der Waals surface area contributed by atoms with Crippen molar-refractivity contribution in [2.24, 2.45) is 0 Å². The number of aliphatic hydroxyl groups is 2. The molecule has 0 saturated carbocycles. The number of fused-ring (bicyclic) bond motifs is 1. The molecule has 1 amide bonds. The van der Waals surface area contributed by atoms with Crippen LogP contribution < -0.4 is 10.2 Å². The van der Waals surface area contributed by atoms with E-state index in [0.29, 0.717) is 29.9 Å². The fourth-order valence-corrected chi connectivity index (χ4v) is 3.92. The van der Waals surface area contributed by atoms with Crippen LogP contribution in [0.15, 0.2) is 48.7 Å². The number of carbonyl (C=O) groups excluding carboxylic acids is 1. The van der Waals surface area contributed by atoms with E-state index >= 15 is 0 Å². The first-order chi connectivity index (χ1) is 15.9. The maximum Gasteiger partial charge on any atom is 0.251 e. The third kappa shape index (κ3) is 4.84. The standard InChI is InChI=1S/C24H22F3N3O3/c25-19-9-15(10-20(26)23(19)27)8-14-4-6-28-22(11-14)30-7-5-17-18(2-1-3-21(17)30)24(33)29-12-16(32)13-31/h1-4,6,9-11,16,31-32H,5,7-8,12-13H2,(H,29,33)/t16-/m1/s1. The number of hydrogen-bond acceptors (Lipinski definition) is 5. The van der Waals surface area contributed by atoms with E-state index in [9.17, 15) is 23.1 Å². The first kappa shape index (κ1) is 22.8. The number of hydrogen-bond donors (Lipinski definition) is 3. The molecule has 172 valence electrons. The highest BCUT2D eigenvalue weighted by Crippen LogP contribution is 2.36. The normalized spacial score (nSPS) is 13.7. The van der Waals surface area contributed by atoms with Gasteiger partial charge in [0.25, 0.3) is 5.91 Å². The van der Waals surface area contributed by atoms with Crippen LogP contribution in [-0.4, -0.2) is 46.9 Å². The Morgan fingerprint density at radius 2 is 1.88 bits per heavy atom. The summed E-state index contributed by atoms with van der Waals surface area (Å²) in [5, 5.41) is 21.0. The highest BCUT2D eigenvalue weighted by Gasteiger charge is 2.26. The van der Waals surface area contributed by atoms with Gasteiger partial charge in [0.05, 0.1) is 12.7 Å². The number of nitrogens with one attached hydrogen (secondary N) is 1. The number of nitrogens with zero attached hydrogens (tertiary/aromatic N) is 2. The maximum absolute atomic E-state index is 13.6. The van der Waals surface area contributed by atoms with Crippen molar-refractivity contribution in [3.63, 3.8) is 0 Å². The fraction of sp³-hybridized carbons (Fsp3) is 0.250. The Morgan fingerprint density at radius 1 is 1.12 bits per heavy atom. The average molecular weight is 457 g/mol. The van der Waals surface area contributed by atoms with E-state index in [0.717, 1.165) is 28.9 Å². The van der Waals surface area contributed by atoms with Crippen molar-refractivity contribution >= 4 is 17.4 Å². The van der Waals surface area contributed by atoms with Crippen molar-refractivity contribution in [3.05, 3.63) is 88.4 Å². The second-order valence-corrected chi connectivity index (χ2v) is 7.82. The first-order valence-electron chi connectivity index (χ1n) is 10.4. The van der Waals surface area contributed by atoms with Crippen molar-refractivity contribution in [2.75, 3.05) is 24.6 Å². The third-order valence-corrected chi connectivity index (χ3v) is 5.52. The monoisotopic (exact) mass is 457 g/mol. The molecule has 0 unspecified atom stereocenters. The van der Waals surface area contributed by atoms with Crippen LogP contribution >= 0.6 is 0 Å². The molecule has 0 fully saturated rings. The highest BCUT2D eigenvalue weighted by molar-refractivity contribution is 5.98. The molecule has 0 spiro atoms. The zero-order chi connectivity index (χ0) is 23.5. The molecule has 2 aromatic carbocycles. The van der Waals surface area contributed by atoms with E-state index in [1.807, 2.05) is 11.0 Å². The van der Waals surface area contributed by atoms with Gasteiger partial charge in [-0.3, -0.25) is 4.79 Å². The molecule has 1 atom stereocenters. The van der Waals surface area contributed by atoms with Crippen LogP contribution in [0.25, 0.3) is 0 Å². The van der Waals surface area contributed by atoms with Crippen LogP contribution in [-0.2, 0) is 12.8 Å². The van der Waals surface area contributed by atoms with Gasteiger partial charge in [0.15, 0.2) is 17.5 Å². The third-order valence-electron chi connectivity index (χ3n) is 5.52. The van der Waals surface area contributed by atoms with E-state index in [1.165, 1.54) is 0 Å². The molecule has 0 bridgehead atoms. The van der Waals surface area contributed by atoms with Gasteiger partial charge in [-0.05, 0) is 65.9 Å². The summed E-state index contributed by atoms with van der Waals surface area (Å²) >= 11 is 0. The number of rotatable bonds is 7. The molecule has 6 nitrogen and oxygen atoms in total. The lowest BCUT2D eigenvalue weighted by molar-refractivity contribution is 0.0801. The van der Waals surface area contributed by atoms with Crippen LogP contribution in [0.2, 0.25) is 0 Å². The summed E-state index contributed by atoms with van der Waals surface area (Å²) in [5.74, 6) is -3.69. The molecular weight excluding hydrogens is 435 g/mol. The number of aromatic nitrogens is 1. The van der Waals surface area contributed by atoms with E-state index in [1.54, 1.807) is 30.5 Å². The molecule has 9 heteroatoms. The Labute approximate surface area is 188 Å². The average Bonchev–Trinajstić information content (AvgIpc) is 3.25. The number of anilines is 2. The molecule has 1 aromatic heterocycles. The van der Waals surface area contributed by atoms with Crippen LogP contribution in [0.4, 0.5) is 24.7 Å². The Balaban J connectivity index is 1.56. The Morgan fingerprint density at radius 3 is 2.61 bits per heavy atom. The quantitative estimate of drug-likeness (QED) is 0.475. The van der Waals surface area contributed by atoms with Crippen LogP contribution in [0.5, 0.6) is 0 Å². The smallest absolute Gasteiger partial charge is 0.251 e. The summed E-state index contributed by atoms with van der Waals surface area (Å²) < 4.78 is 40.4. The molecule has 33 heavy (non-hydrogen) atoms. The van der Waals surface area contributed by atoms with Gasteiger partial charge < -0.3 is 20.4 Å². The molecule has 0 saturated heterocycles. The van der Waals surface area contributed by atoms with Crippen molar-refractivity contribution in [1.29, 1.82) is 0 Å². The van der Waals surface area contributed by atoms with Gasteiger partial charge in [-0.1, -0.05) is 6.07 Å². The summed E-state index contributed by atoms with van der Waals surface area (Å²) in [4.78, 5) is 18.9. The number of aliphatic hydroxyl groups excluding tert-OH is 2. The molecule has 4 rings (SSSR count). The van der Waals surface area contributed by atoms with E-state index < -0.39 is 30.2 Å². The zero-order valence-electron chi connectivity index (χ0n) is 17.6. The second-order valence-electron chi connectivity index (χ2n) is 7.82. The van der Waals surface area contributed by atoms with Crippen molar-refractivity contribution in [2.45, 2.75) is 18.9 Å². The summed E-state index contributed by atoms with van der Waals surface area (Å²) in [6, 6.07) is 10.8. The molecule has 0 radical (unpaired) electrons. The van der Waals surface area contributed by atoms with Gasteiger partial charge in [0.2, 0.25) is 0 Å². The predicted molar refractivity (Wildman–Crippen MR) is 116 cm³/mol. The molecule has 1 aliphatic rings. The van der Waals surface area contributed by atoms with Gasteiger partial charge in [0.1, 0.15) is 5.82 Å². The van der Waals surface area contributed by atoms with Crippen molar-refractivity contribution in [3.8, 4) is 0 Å². The minimum absolute atomic E-state index is 0.0586. The molecule has 3 aromatic rings. The summed E-state index contributed by atoms with van der Waals surface area (Å²) in [7, 11) is 0. The highest BCUT2D eigenvalue weighted by atomic mass is 19.2. The van der Waals surface area contributed by atoms with Gasteiger partial charge in [-0.2, -0.15) is 0 Å². The van der Waals surface area contributed by atoms with Crippen molar-refractivity contribution < 1.29 is 28.2 Å². The largest absolute Gasteiger partial charge is 0.394 e. The SMILES string of the molecule is O=C(NC[C@@H](O)CO)c1cccc2c1CCN2c1cc(Cc2cc(F)c(F)c(F)c2)ccn1. The lowest BCUT2D eigenvalue weighted by atomic mass is 10.0. The number of benzene rings is 2. The van der Waals surface area contributed by atoms with Crippen LogP contribution in [0.1, 0.15) is 27.0 Å². The van der Waals surface area contributed by atoms with Crippen LogP contribution in [0.3, 0.4) is 0 Å². The minimum Gasteiger partial charge on any atom is -0.394 e. The Hall–Kier alpha value is -3.43. The summed E-state index contributed by atoms with van der Waals surface area (Å²) in [6.45, 7) is 0.0756. The lowest BCUT2D eigenvalue weighted by Crippen LogP contribution is -2.34. The van der Waals surface area contributed by atoms with E-state index in [-0.39, 0.29) is 18.9 Å².